The van der Waals surface area contributed by atoms with Gasteiger partial charge in [0, 0.05) is 19.2 Å². The van der Waals surface area contributed by atoms with Gasteiger partial charge >= 0.3 is 5.97 Å². The number of hydrogen-bond acceptors (Lipinski definition) is 4. The molecule has 0 spiro atoms. The Labute approximate surface area is 113 Å². The molecule has 0 saturated carbocycles. The lowest BCUT2D eigenvalue weighted by molar-refractivity contribution is 0.0696. The van der Waals surface area contributed by atoms with Crippen LogP contribution in [0, 0.1) is 0 Å². The average Bonchev–Trinajstić information content (AvgIpc) is 2.42. The molecule has 1 aromatic rings. The van der Waals surface area contributed by atoms with Crippen LogP contribution in [0.15, 0.2) is 24.3 Å². The zero-order valence-electron chi connectivity index (χ0n) is 11.1. The van der Waals surface area contributed by atoms with E-state index >= 15 is 0 Å². The van der Waals surface area contributed by atoms with Crippen LogP contribution < -0.4 is 10.1 Å². The maximum absolute atomic E-state index is 10.8. The van der Waals surface area contributed by atoms with Crippen molar-refractivity contribution < 1.29 is 19.7 Å². The standard InChI is InChI=1S/C14H21NO4/c1-2-12(6-8-16)15-7-9-19-13-5-3-4-11(10-13)14(17)18/h3-5,10,12,15-16H,2,6-9H2,1H3,(H,17,18). The van der Waals surface area contributed by atoms with E-state index in [0.29, 0.717) is 24.9 Å². The average molecular weight is 267 g/mol. The maximum Gasteiger partial charge on any atom is 0.335 e. The molecule has 3 N–H and O–H groups in total. The first-order valence-corrected chi connectivity index (χ1v) is 6.47. The van der Waals surface area contributed by atoms with Gasteiger partial charge in [-0.15, -0.1) is 0 Å². The molecule has 5 nitrogen and oxygen atoms in total. The molecule has 0 bridgehead atoms. The van der Waals surface area contributed by atoms with E-state index in [1.165, 1.54) is 12.1 Å². The first-order valence-electron chi connectivity index (χ1n) is 6.47. The number of benzene rings is 1. The molecule has 1 unspecified atom stereocenters. The largest absolute Gasteiger partial charge is 0.492 e. The molecule has 1 rings (SSSR count). The van der Waals surface area contributed by atoms with Gasteiger partial charge in [-0.3, -0.25) is 0 Å². The van der Waals surface area contributed by atoms with Gasteiger partial charge in [-0.2, -0.15) is 0 Å². The molecule has 0 radical (unpaired) electrons. The minimum absolute atomic E-state index is 0.174. The van der Waals surface area contributed by atoms with Crippen LogP contribution in [0.1, 0.15) is 30.1 Å². The number of aliphatic hydroxyl groups is 1. The lowest BCUT2D eigenvalue weighted by Gasteiger charge is -2.15. The molecule has 0 aromatic heterocycles. The molecule has 106 valence electrons. The van der Waals surface area contributed by atoms with E-state index in [1.807, 2.05) is 0 Å². The fourth-order valence-electron chi connectivity index (χ4n) is 1.76. The van der Waals surface area contributed by atoms with Gasteiger partial charge in [-0.1, -0.05) is 13.0 Å². The summed E-state index contributed by atoms with van der Waals surface area (Å²) in [5, 5.41) is 21.0. The highest BCUT2D eigenvalue weighted by atomic mass is 16.5. The second-order valence-corrected chi connectivity index (χ2v) is 4.25. The van der Waals surface area contributed by atoms with Crippen LogP contribution in [0.5, 0.6) is 5.75 Å². The van der Waals surface area contributed by atoms with E-state index in [1.54, 1.807) is 12.1 Å². The Morgan fingerprint density at radius 3 is 2.89 bits per heavy atom. The summed E-state index contributed by atoms with van der Waals surface area (Å²) >= 11 is 0. The van der Waals surface area contributed by atoms with E-state index in [-0.39, 0.29) is 12.2 Å². The molecule has 1 aromatic carbocycles. The zero-order chi connectivity index (χ0) is 14.1. The molecule has 1 atom stereocenters. The lowest BCUT2D eigenvalue weighted by atomic mass is 10.1. The van der Waals surface area contributed by atoms with Gasteiger partial charge in [-0.25, -0.2) is 4.79 Å². The van der Waals surface area contributed by atoms with Crippen molar-refractivity contribution in [2.75, 3.05) is 19.8 Å². The molecule has 19 heavy (non-hydrogen) atoms. The highest BCUT2D eigenvalue weighted by Gasteiger charge is 2.05. The summed E-state index contributed by atoms with van der Waals surface area (Å²) in [6, 6.07) is 6.72. The van der Waals surface area contributed by atoms with Gasteiger partial charge in [0.2, 0.25) is 0 Å². The Morgan fingerprint density at radius 2 is 2.26 bits per heavy atom. The second kappa shape index (κ2) is 8.50. The fraction of sp³-hybridized carbons (Fsp3) is 0.500. The number of carboxylic acids is 1. The predicted octanol–water partition coefficient (Wildman–Crippen LogP) is 1.51. The second-order valence-electron chi connectivity index (χ2n) is 4.25. The van der Waals surface area contributed by atoms with Gasteiger partial charge in [0.05, 0.1) is 5.56 Å². The molecule has 0 saturated heterocycles. The SMILES string of the molecule is CCC(CCO)NCCOc1cccc(C(=O)O)c1. The van der Waals surface area contributed by atoms with Crippen molar-refractivity contribution in [2.24, 2.45) is 0 Å². The fourth-order valence-corrected chi connectivity index (χ4v) is 1.76. The number of nitrogens with one attached hydrogen (secondary N) is 1. The molecule has 5 heteroatoms. The summed E-state index contributed by atoms with van der Waals surface area (Å²) in [7, 11) is 0. The van der Waals surface area contributed by atoms with Crippen molar-refractivity contribution >= 4 is 5.97 Å². The summed E-state index contributed by atoms with van der Waals surface area (Å²) in [6.45, 7) is 3.36. The van der Waals surface area contributed by atoms with E-state index in [9.17, 15) is 4.79 Å². The maximum atomic E-state index is 10.8. The van der Waals surface area contributed by atoms with Crippen LogP contribution in [-0.2, 0) is 0 Å². The van der Waals surface area contributed by atoms with Crippen molar-refractivity contribution in [1.29, 1.82) is 0 Å². The van der Waals surface area contributed by atoms with Crippen LogP contribution in [0.3, 0.4) is 0 Å². The number of aromatic carboxylic acids is 1. The van der Waals surface area contributed by atoms with E-state index in [2.05, 4.69) is 12.2 Å². The van der Waals surface area contributed by atoms with Gasteiger partial charge in [0.25, 0.3) is 0 Å². The summed E-state index contributed by atoms with van der Waals surface area (Å²) < 4.78 is 5.48. The van der Waals surface area contributed by atoms with Gasteiger partial charge < -0.3 is 20.3 Å². The third-order valence-electron chi connectivity index (χ3n) is 2.86. The van der Waals surface area contributed by atoms with E-state index in [4.69, 9.17) is 14.9 Å². The van der Waals surface area contributed by atoms with Gasteiger partial charge in [-0.05, 0) is 31.0 Å². The third kappa shape index (κ3) is 5.72. The number of ether oxygens (including phenoxy) is 1. The molecule has 0 aliphatic heterocycles. The monoisotopic (exact) mass is 267 g/mol. The molecule has 0 aliphatic carbocycles. The zero-order valence-corrected chi connectivity index (χ0v) is 11.1. The number of rotatable bonds is 9. The Balaban J connectivity index is 2.33. The smallest absolute Gasteiger partial charge is 0.335 e. The highest BCUT2D eigenvalue weighted by molar-refractivity contribution is 5.87. The Bertz CT molecular complexity index is 395. The van der Waals surface area contributed by atoms with Crippen molar-refractivity contribution in [1.82, 2.24) is 5.32 Å². The Hall–Kier alpha value is -1.59. The molecular weight excluding hydrogens is 246 g/mol. The first kappa shape index (κ1) is 15.5. The van der Waals surface area contributed by atoms with Crippen molar-refractivity contribution in [3.63, 3.8) is 0 Å². The van der Waals surface area contributed by atoms with Crippen molar-refractivity contribution in [3.8, 4) is 5.75 Å². The van der Waals surface area contributed by atoms with Gasteiger partial charge in [0.15, 0.2) is 0 Å². The topological polar surface area (TPSA) is 78.8 Å². The van der Waals surface area contributed by atoms with Crippen LogP contribution >= 0.6 is 0 Å². The Morgan fingerprint density at radius 1 is 1.47 bits per heavy atom. The number of aliphatic hydroxyl groups excluding tert-OH is 1. The minimum atomic E-state index is -0.961. The van der Waals surface area contributed by atoms with Crippen LogP contribution in [-0.4, -0.2) is 42.0 Å². The lowest BCUT2D eigenvalue weighted by Crippen LogP contribution is -2.32. The summed E-state index contributed by atoms with van der Waals surface area (Å²) in [4.78, 5) is 10.8. The quantitative estimate of drug-likeness (QED) is 0.591. The summed E-state index contributed by atoms with van der Waals surface area (Å²) in [5.41, 5.74) is 0.220. The number of hydrogen-bond donors (Lipinski definition) is 3. The van der Waals surface area contributed by atoms with E-state index < -0.39 is 5.97 Å². The minimum Gasteiger partial charge on any atom is -0.492 e. The number of carboxylic acid groups (broad SMARTS) is 1. The normalized spacial score (nSPS) is 12.1. The van der Waals surface area contributed by atoms with Crippen molar-refractivity contribution in [3.05, 3.63) is 29.8 Å². The van der Waals surface area contributed by atoms with E-state index in [0.717, 1.165) is 12.8 Å². The molecule has 0 aliphatic rings. The Kier molecular flexibility index (Phi) is 6.92. The van der Waals surface area contributed by atoms with Crippen molar-refractivity contribution in [2.45, 2.75) is 25.8 Å². The van der Waals surface area contributed by atoms with Crippen LogP contribution in [0.25, 0.3) is 0 Å². The molecule has 0 amide bonds. The summed E-state index contributed by atoms with van der Waals surface area (Å²) in [5.74, 6) is -0.408. The third-order valence-corrected chi connectivity index (χ3v) is 2.86. The summed E-state index contributed by atoms with van der Waals surface area (Å²) in [6.07, 6.45) is 1.68. The number of carbonyl (C=O) groups is 1. The van der Waals surface area contributed by atoms with Crippen LogP contribution in [0.2, 0.25) is 0 Å². The molecule has 0 fully saturated rings. The first-order chi connectivity index (χ1) is 9.17. The molecule has 0 heterocycles. The van der Waals surface area contributed by atoms with Crippen LogP contribution in [0.4, 0.5) is 0 Å². The van der Waals surface area contributed by atoms with Gasteiger partial charge in [0.1, 0.15) is 12.4 Å². The molecular formula is C14H21NO4. The highest BCUT2D eigenvalue weighted by Crippen LogP contribution is 2.12. The predicted molar refractivity (Wildman–Crippen MR) is 72.7 cm³/mol.